The number of hydrogen-bond acceptors (Lipinski definition) is 2. The molecule has 0 bridgehead atoms. The van der Waals surface area contributed by atoms with E-state index in [-0.39, 0.29) is 0 Å². The minimum Gasteiger partial charge on any atom is -0.456 e. The molecule has 0 radical (unpaired) electrons. The predicted octanol–water partition coefficient (Wildman–Crippen LogP) is 6.29. The van der Waals surface area contributed by atoms with Gasteiger partial charge in [-0.3, -0.25) is 0 Å². The van der Waals surface area contributed by atoms with E-state index in [1.807, 2.05) is 24.3 Å². The molecule has 6 rings (SSSR count). The van der Waals surface area contributed by atoms with Crippen molar-refractivity contribution in [2.45, 2.75) is 0 Å². The summed E-state index contributed by atoms with van der Waals surface area (Å²) in [4.78, 5) is 4.96. The number of benzene rings is 3. The second kappa shape index (κ2) is 4.58. The Balaban J connectivity index is 1.74. The third-order valence-electron chi connectivity index (χ3n) is 5.02. The molecule has 0 N–H and O–H groups in total. The van der Waals surface area contributed by atoms with Crippen LogP contribution in [0.1, 0.15) is 11.1 Å². The number of fused-ring (bicyclic) bond motifs is 3. The molecule has 0 saturated heterocycles. The lowest BCUT2D eigenvalue weighted by Gasteiger charge is -2.07. The van der Waals surface area contributed by atoms with Crippen LogP contribution in [0.3, 0.4) is 0 Å². The molecule has 1 aliphatic carbocycles. The summed E-state index contributed by atoms with van der Waals surface area (Å²) >= 11 is 0. The van der Waals surface area contributed by atoms with Crippen molar-refractivity contribution >= 4 is 45.0 Å². The molecule has 116 valence electrons. The molecule has 25 heavy (non-hydrogen) atoms. The van der Waals surface area contributed by atoms with Gasteiger partial charge in [-0.1, -0.05) is 54.6 Å². The smallest absolute Gasteiger partial charge is 0.136 e. The summed E-state index contributed by atoms with van der Waals surface area (Å²) in [6.07, 6.45) is 4.34. The van der Waals surface area contributed by atoms with Crippen molar-refractivity contribution in [3.63, 3.8) is 0 Å². The zero-order valence-corrected chi connectivity index (χ0v) is 13.4. The first kappa shape index (κ1) is 13.0. The molecule has 2 heterocycles. The lowest BCUT2D eigenvalue weighted by atomic mass is 10.0. The van der Waals surface area contributed by atoms with Gasteiger partial charge >= 0.3 is 0 Å². The van der Waals surface area contributed by atoms with Crippen LogP contribution >= 0.6 is 0 Å². The maximum absolute atomic E-state index is 6.03. The molecule has 0 aliphatic heterocycles. The molecular weight excluding hydrogens is 306 g/mol. The van der Waals surface area contributed by atoms with Crippen LogP contribution in [0.2, 0.25) is 0 Å². The number of pyridine rings is 1. The molecule has 1 aliphatic rings. The summed E-state index contributed by atoms with van der Waals surface area (Å²) in [7, 11) is 0. The van der Waals surface area contributed by atoms with E-state index in [1.54, 1.807) is 0 Å². The number of para-hydroxylation sites is 1. The summed E-state index contributed by atoms with van der Waals surface area (Å²) in [5, 5.41) is 3.52. The average molecular weight is 319 g/mol. The van der Waals surface area contributed by atoms with Crippen molar-refractivity contribution in [1.29, 1.82) is 0 Å². The largest absolute Gasteiger partial charge is 0.456 e. The third-order valence-corrected chi connectivity index (χ3v) is 5.02. The van der Waals surface area contributed by atoms with Crippen LogP contribution < -0.4 is 0 Å². The van der Waals surface area contributed by atoms with Gasteiger partial charge in [-0.15, -0.1) is 0 Å². The van der Waals surface area contributed by atoms with E-state index in [0.29, 0.717) is 0 Å². The van der Waals surface area contributed by atoms with Gasteiger partial charge in [0.15, 0.2) is 0 Å². The highest BCUT2D eigenvalue weighted by molar-refractivity contribution is 6.13. The van der Waals surface area contributed by atoms with E-state index in [4.69, 9.17) is 9.40 Å². The molecule has 0 atom stereocenters. The van der Waals surface area contributed by atoms with Crippen molar-refractivity contribution in [1.82, 2.24) is 4.98 Å². The summed E-state index contributed by atoms with van der Waals surface area (Å²) in [5.41, 5.74) is 7.45. The molecule has 0 unspecified atom stereocenters. The summed E-state index contributed by atoms with van der Waals surface area (Å²) in [6.45, 7) is 0. The molecule has 3 aromatic carbocycles. The Bertz CT molecular complexity index is 1340. The minimum atomic E-state index is 0.904. The van der Waals surface area contributed by atoms with Crippen LogP contribution in [0.25, 0.3) is 56.3 Å². The first-order chi connectivity index (χ1) is 12.4. The Morgan fingerprint density at radius 3 is 2.52 bits per heavy atom. The van der Waals surface area contributed by atoms with Gasteiger partial charge in [-0.05, 0) is 35.4 Å². The van der Waals surface area contributed by atoms with E-state index in [1.165, 1.54) is 16.5 Å². The van der Waals surface area contributed by atoms with Gasteiger partial charge < -0.3 is 4.42 Å². The molecular formula is C23H13NO. The highest BCUT2D eigenvalue weighted by Crippen LogP contribution is 2.38. The van der Waals surface area contributed by atoms with E-state index >= 15 is 0 Å². The number of furan rings is 1. The van der Waals surface area contributed by atoms with Crippen LogP contribution in [0.5, 0.6) is 0 Å². The van der Waals surface area contributed by atoms with E-state index < -0.39 is 0 Å². The molecule has 2 heteroatoms. The van der Waals surface area contributed by atoms with Crippen LogP contribution in [-0.2, 0) is 0 Å². The lowest BCUT2D eigenvalue weighted by Crippen LogP contribution is -1.89. The molecule has 2 nitrogen and oxygen atoms in total. The Labute approximate surface area is 144 Å². The highest BCUT2D eigenvalue weighted by atomic mass is 16.3. The fourth-order valence-electron chi connectivity index (χ4n) is 3.92. The van der Waals surface area contributed by atoms with Crippen LogP contribution in [-0.4, -0.2) is 4.98 Å². The summed E-state index contributed by atoms with van der Waals surface area (Å²) in [6, 6.07) is 22.9. The zero-order valence-electron chi connectivity index (χ0n) is 13.4. The van der Waals surface area contributed by atoms with Gasteiger partial charge in [0, 0.05) is 21.7 Å². The van der Waals surface area contributed by atoms with Gasteiger partial charge in [-0.2, -0.15) is 0 Å². The zero-order chi connectivity index (χ0) is 16.4. The van der Waals surface area contributed by atoms with Crippen molar-refractivity contribution in [3.05, 3.63) is 77.9 Å². The van der Waals surface area contributed by atoms with Crippen molar-refractivity contribution < 1.29 is 4.42 Å². The molecule has 2 aromatic heterocycles. The first-order valence-electron chi connectivity index (χ1n) is 8.41. The second-order valence-electron chi connectivity index (χ2n) is 6.45. The average Bonchev–Trinajstić information content (AvgIpc) is 3.24. The van der Waals surface area contributed by atoms with Crippen LogP contribution in [0, 0.1) is 0 Å². The fraction of sp³-hybridized carbons (Fsp3) is 0. The predicted molar refractivity (Wildman–Crippen MR) is 103 cm³/mol. The Morgan fingerprint density at radius 1 is 0.680 bits per heavy atom. The van der Waals surface area contributed by atoms with E-state index in [0.717, 1.165) is 38.7 Å². The van der Waals surface area contributed by atoms with Gasteiger partial charge in [-0.25, -0.2) is 4.98 Å². The second-order valence-corrected chi connectivity index (χ2v) is 6.45. The number of rotatable bonds is 1. The van der Waals surface area contributed by atoms with Crippen molar-refractivity contribution in [2.24, 2.45) is 0 Å². The Morgan fingerprint density at radius 2 is 1.52 bits per heavy atom. The molecule has 0 amide bonds. The highest BCUT2D eigenvalue weighted by Gasteiger charge is 2.16. The topological polar surface area (TPSA) is 26.0 Å². The van der Waals surface area contributed by atoms with Crippen molar-refractivity contribution in [2.75, 3.05) is 0 Å². The van der Waals surface area contributed by atoms with Gasteiger partial charge in [0.25, 0.3) is 0 Å². The van der Waals surface area contributed by atoms with Gasteiger partial charge in [0.1, 0.15) is 11.2 Å². The van der Waals surface area contributed by atoms with Gasteiger partial charge in [0.2, 0.25) is 0 Å². The monoisotopic (exact) mass is 319 g/mol. The van der Waals surface area contributed by atoms with Gasteiger partial charge in [0.05, 0.1) is 11.2 Å². The van der Waals surface area contributed by atoms with E-state index in [9.17, 15) is 0 Å². The first-order valence-corrected chi connectivity index (χ1v) is 8.41. The standard InChI is InChI=1S/C23H13NO/c1-2-9-20-17(6-1)23-16(7-4-10-21(23)25-20)19-13-15-12-11-14-5-3-8-18(24-19)22(14)15/h1-13H. The minimum absolute atomic E-state index is 0.904. The Kier molecular flexibility index (Phi) is 2.37. The SMILES string of the molecule is C1=Cc2cc(-c3cccc4oc5ccccc5c34)nc3cccc1c23. The lowest BCUT2D eigenvalue weighted by molar-refractivity contribution is 0.669. The quantitative estimate of drug-likeness (QED) is 0.356. The molecule has 0 saturated carbocycles. The number of hydrogen-bond donors (Lipinski definition) is 0. The van der Waals surface area contributed by atoms with Crippen molar-refractivity contribution in [3.8, 4) is 11.3 Å². The third kappa shape index (κ3) is 1.71. The maximum Gasteiger partial charge on any atom is 0.136 e. The molecule has 0 spiro atoms. The maximum atomic E-state index is 6.03. The summed E-state index contributed by atoms with van der Waals surface area (Å²) in [5.74, 6) is 0. The fourth-order valence-corrected chi connectivity index (χ4v) is 3.92. The summed E-state index contributed by atoms with van der Waals surface area (Å²) < 4.78 is 6.03. The molecule has 0 fully saturated rings. The van der Waals surface area contributed by atoms with E-state index in [2.05, 4.69) is 54.6 Å². The number of nitrogens with zero attached hydrogens (tertiary/aromatic N) is 1. The molecule has 5 aromatic rings. The Hall–Kier alpha value is -3.39. The van der Waals surface area contributed by atoms with Crippen LogP contribution in [0.4, 0.5) is 0 Å². The normalized spacial score (nSPS) is 12.6. The number of aromatic nitrogens is 1. The van der Waals surface area contributed by atoms with Crippen LogP contribution in [0.15, 0.2) is 71.1 Å².